The second kappa shape index (κ2) is 49.9. The fourth-order valence-electron chi connectivity index (χ4n) is 7.71. The Hall–Kier alpha value is -3.49. The van der Waals surface area contributed by atoms with Crippen molar-refractivity contribution in [3.8, 4) is 0 Å². The first-order valence-corrected chi connectivity index (χ1v) is 27.6. The van der Waals surface area contributed by atoms with Crippen LogP contribution in [0.25, 0.3) is 0 Å². The smallest absolute Gasteiger partial charge is 0.306 e. The number of unbranched alkanes of at least 4 members (excludes halogenated alkanes) is 21. The Balaban J connectivity index is 4.31. The number of quaternary nitrogens is 1. The maximum Gasteiger partial charge on any atom is 0.306 e. The van der Waals surface area contributed by atoms with E-state index in [1.165, 1.54) is 116 Å². The minimum atomic E-state index is -1.13. The van der Waals surface area contributed by atoms with Gasteiger partial charge in [-0.2, -0.15) is 0 Å². The topological polar surface area (TPSA) is 102 Å². The molecule has 0 heterocycles. The third-order valence-corrected chi connectivity index (χ3v) is 12.0. The molecule has 8 heteroatoms. The molecule has 0 aliphatic heterocycles. The van der Waals surface area contributed by atoms with E-state index in [1.807, 2.05) is 0 Å². The molecule has 0 saturated carbocycles. The number of ether oxygens (including phenoxy) is 3. The van der Waals surface area contributed by atoms with Gasteiger partial charge in [0.05, 0.1) is 40.3 Å². The van der Waals surface area contributed by atoms with Crippen LogP contribution in [0.2, 0.25) is 0 Å². The van der Waals surface area contributed by atoms with Crippen LogP contribution in [0.3, 0.4) is 0 Å². The van der Waals surface area contributed by atoms with E-state index >= 15 is 0 Å². The largest absolute Gasteiger partial charge is 0.544 e. The van der Waals surface area contributed by atoms with Gasteiger partial charge < -0.3 is 28.6 Å². The minimum absolute atomic E-state index is 0.0163. The van der Waals surface area contributed by atoms with Gasteiger partial charge in [0.15, 0.2) is 6.10 Å². The molecular weight excluding hydrogens is 847 g/mol. The Labute approximate surface area is 418 Å². The molecule has 0 aromatic rings. The third kappa shape index (κ3) is 47.6. The molecule has 0 aromatic carbocycles. The Morgan fingerprint density at radius 1 is 0.441 bits per heavy atom. The number of carboxylic acids is 1. The maximum atomic E-state index is 12.8. The highest BCUT2D eigenvalue weighted by molar-refractivity contribution is 5.70. The number of carbonyl (C=O) groups is 3. The highest BCUT2D eigenvalue weighted by Crippen LogP contribution is 2.14. The number of allylic oxidation sites excluding steroid dienone is 14. The lowest BCUT2D eigenvalue weighted by molar-refractivity contribution is -0.889. The van der Waals surface area contributed by atoms with Crippen molar-refractivity contribution in [1.29, 1.82) is 0 Å². The average molecular weight is 950 g/mol. The molecule has 2 unspecified atom stereocenters. The van der Waals surface area contributed by atoms with Crippen molar-refractivity contribution in [2.75, 3.05) is 41.0 Å². The number of likely N-dealkylation sites (N-methyl/N-ethyl adjacent to an activating group) is 1. The summed E-state index contributed by atoms with van der Waals surface area (Å²) in [5.41, 5.74) is 0. The Morgan fingerprint density at radius 2 is 0.779 bits per heavy atom. The van der Waals surface area contributed by atoms with Gasteiger partial charge in [-0.15, -0.1) is 0 Å². The van der Waals surface area contributed by atoms with Crippen molar-refractivity contribution < 1.29 is 38.2 Å². The number of carboxylic acid groups (broad SMARTS) is 1. The highest BCUT2D eigenvalue weighted by atomic mass is 16.6. The first-order valence-electron chi connectivity index (χ1n) is 27.6. The molecule has 0 saturated heterocycles. The van der Waals surface area contributed by atoms with Crippen LogP contribution in [0.15, 0.2) is 85.1 Å². The lowest BCUT2D eigenvalue weighted by atomic mass is 10.1. The molecule has 0 N–H and O–H groups in total. The fourth-order valence-corrected chi connectivity index (χ4v) is 7.71. The SMILES string of the molecule is CCCCC/C=C/C/C=C/C/C=C/C/C=C/C/C=C/CCCCC(=O)OC(COCCC(C(=O)[O-])[N+](C)(C)C)COC(=O)CCCCCCCCC/C=C/C/C=C/CCCCCCCCCCC. The van der Waals surface area contributed by atoms with Gasteiger partial charge in [-0.25, -0.2) is 0 Å². The van der Waals surface area contributed by atoms with E-state index in [-0.39, 0.29) is 49.1 Å². The number of esters is 2. The van der Waals surface area contributed by atoms with E-state index in [2.05, 4.69) is 98.9 Å². The molecule has 0 aliphatic carbocycles. The standard InChI is InChI=1S/C60H103NO7/c1-6-8-10-12-14-16-18-20-22-24-26-28-29-31-32-34-36-38-40-42-44-46-48-50-58(62)67-55-56(54-66-53-52-57(60(64)65)61(3,4)5)68-59(63)51-49-47-45-43-41-39-37-35-33-30-27-25-23-21-19-17-15-13-11-9-7-2/h15,17,21,23,26-28,30-32,35,37,41,43,56-57H,6-14,16,18-20,22,24-25,29,33-34,36,38-40,42,44-55H2,1-5H3/b17-15+,23-21+,28-26+,30-27+,32-31+,37-35+,43-41+. The van der Waals surface area contributed by atoms with Crippen molar-refractivity contribution in [2.45, 2.75) is 238 Å². The molecule has 0 fully saturated rings. The molecule has 390 valence electrons. The summed E-state index contributed by atoms with van der Waals surface area (Å²) in [6.07, 6.45) is 66.2. The van der Waals surface area contributed by atoms with Crippen LogP contribution in [0.4, 0.5) is 0 Å². The zero-order valence-electron chi connectivity index (χ0n) is 44.5. The van der Waals surface area contributed by atoms with Crippen molar-refractivity contribution in [3.05, 3.63) is 85.1 Å². The molecule has 0 amide bonds. The van der Waals surface area contributed by atoms with Crippen LogP contribution in [0, 0.1) is 0 Å². The highest BCUT2D eigenvalue weighted by Gasteiger charge is 2.25. The van der Waals surface area contributed by atoms with Crippen molar-refractivity contribution in [3.63, 3.8) is 0 Å². The average Bonchev–Trinajstić information content (AvgIpc) is 3.30. The predicted molar refractivity (Wildman–Crippen MR) is 286 cm³/mol. The summed E-state index contributed by atoms with van der Waals surface area (Å²) in [6, 6.07) is -0.741. The molecule has 8 nitrogen and oxygen atoms in total. The lowest BCUT2D eigenvalue weighted by Crippen LogP contribution is -2.55. The number of rotatable bonds is 49. The summed E-state index contributed by atoms with van der Waals surface area (Å²) in [5.74, 6) is -1.80. The van der Waals surface area contributed by atoms with Gasteiger partial charge in [0, 0.05) is 19.3 Å². The van der Waals surface area contributed by atoms with Crippen LogP contribution in [-0.2, 0) is 28.6 Å². The third-order valence-electron chi connectivity index (χ3n) is 12.0. The molecule has 0 aliphatic rings. The number of aliphatic carboxylic acids is 1. The van der Waals surface area contributed by atoms with Crippen molar-refractivity contribution in [1.82, 2.24) is 0 Å². The zero-order chi connectivity index (χ0) is 49.9. The predicted octanol–water partition coefficient (Wildman–Crippen LogP) is 15.1. The molecule has 0 bridgehead atoms. The molecule has 68 heavy (non-hydrogen) atoms. The monoisotopic (exact) mass is 950 g/mol. The zero-order valence-corrected chi connectivity index (χ0v) is 44.5. The van der Waals surface area contributed by atoms with Crippen molar-refractivity contribution in [2.24, 2.45) is 0 Å². The molecule has 0 spiro atoms. The van der Waals surface area contributed by atoms with E-state index in [9.17, 15) is 19.5 Å². The maximum absolute atomic E-state index is 12.8. The van der Waals surface area contributed by atoms with E-state index < -0.39 is 18.1 Å². The van der Waals surface area contributed by atoms with Crippen LogP contribution in [0.5, 0.6) is 0 Å². The second-order valence-corrected chi connectivity index (χ2v) is 19.5. The summed E-state index contributed by atoms with van der Waals surface area (Å²) in [4.78, 5) is 37.1. The summed E-state index contributed by atoms with van der Waals surface area (Å²) < 4.78 is 17.2. The Morgan fingerprint density at radius 3 is 1.21 bits per heavy atom. The van der Waals surface area contributed by atoms with E-state index in [0.717, 1.165) is 70.6 Å². The molecule has 0 aromatic heterocycles. The van der Waals surface area contributed by atoms with Gasteiger partial charge in [-0.1, -0.05) is 195 Å². The summed E-state index contributed by atoms with van der Waals surface area (Å²) in [6.45, 7) is 4.59. The number of carbonyl (C=O) groups excluding carboxylic acids is 3. The van der Waals surface area contributed by atoms with Gasteiger partial charge in [0.25, 0.3) is 0 Å². The van der Waals surface area contributed by atoms with Gasteiger partial charge in [-0.05, 0) is 96.3 Å². The van der Waals surface area contributed by atoms with Crippen molar-refractivity contribution >= 4 is 17.9 Å². The van der Waals surface area contributed by atoms with Crippen LogP contribution in [-0.4, -0.2) is 75.5 Å². The number of hydrogen-bond donors (Lipinski definition) is 0. The van der Waals surface area contributed by atoms with Crippen LogP contribution in [0.1, 0.15) is 226 Å². The van der Waals surface area contributed by atoms with E-state index in [1.54, 1.807) is 21.1 Å². The van der Waals surface area contributed by atoms with Crippen LogP contribution >= 0.6 is 0 Å². The minimum Gasteiger partial charge on any atom is -0.544 e. The van der Waals surface area contributed by atoms with Crippen LogP contribution < -0.4 is 5.11 Å². The second-order valence-electron chi connectivity index (χ2n) is 19.5. The Kier molecular flexibility index (Phi) is 47.4. The first kappa shape index (κ1) is 64.5. The van der Waals surface area contributed by atoms with E-state index in [4.69, 9.17) is 14.2 Å². The normalized spacial score (nSPS) is 13.5. The molecule has 2 atom stereocenters. The summed E-state index contributed by atoms with van der Waals surface area (Å²) in [5, 5.41) is 11.7. The molecular formula is C60H103NO7. The van der Waals surface area contributed by atoms with Gasteiger partial charge in [0.2, 0.25) is 0 Å². The fraction of sp³-hybridized carbons (Fsp3) is 0.717. The quantitative estimate of drug-likeness (QED) is 0.0259. The molecule has 0 radical (unpaired) electrons. The molecule has 0 rings (SSSR count). The van der Waals surface area contributed by atoms with Gasteiger partial charge in [-0.3, -0.25) is 9.59 Å². The summed E-state index contributed by atoms with van der Waals surface area (Å²) >= 11 is 0. The number of nitrogens with zero attached hydrogens (tertiary/aromatic N) is 1. The van der Waals surface area contributed by atoms with Gasteiger partial charge in [0.1, 0.15) is 12.6 Å². The van der Waals surface area contributed by atoms with Gasteiger partial charge >= 0.3 is 11.9 Å². The lowest BCUT2D eigenvalue weighted by Gasteiger charge is -2.34. The summed E-state index contributed by atoms with van der Waals surface area (Å²) in [7, 11) is 5.39. The first-order chi connectivity index (χ1) is 33.1. The Bertz CT molecular complexity index is 1380. The number of hydrogen-bond acceptors (Lipinski definition) is 7. The van der Waals surface area contributed by atoms with E-state index in [0.29, 0.717) is 12.8 Å².